The lowest BCUT2D eigenvalue weighted by atomic mass is 9.98. The molecule has 1 aromatic heterocycles. The van der Waals surface area contributed by atoms with Crippen molar-refractivity contribution in [2.75, 3.05) is 24.5 Å². The first-order valence-electron chi connectivity index (χ1n) is 9.97. The zero-order valence-electron chi connectivity index (χ0n) is 17.6. The summed E-state index contributed by atoms with van der Waals surface area (Å²) in [6.07, 6.45) is 0.496. The van der Waals surface area contributed by atoms with Crippen LogP contribution in [0.3, 0.4) is 0 Å². The number of thiazole rings is 1. The van der Waals surface area contributed by atoms with Gasteiger partial charge < -0.3 is 4.74 Å². The third-order valence-corrected chi connectivity index (χ3v) is 7.95. The van der Waals surface area contributed by atoms with Gasteiger partial charge in [-0.2, -0.15) is 4.31 Å². The number of aromatic nitrogens is 1. The van der Waals surface area contributed by atoms with Gasteiger partial charge in [0.25, 0.3) is 0 Å². The van der Waals surface area contributed by atoms with Gasteiger partial charge in [-0.05, 0) is 38.0 Å². The number of rotatable bonds is 7. The number of hydrogen-bond donors (Lipinski definition) is 0. The number of esters is 1. The van der Waals surface area contributed by atoms with Crippen LogP contribution in [0.4, 0.5) is 13.9 Å². The average Bonchev–Trinajstić information content (AvgIpc) is 3.22. The lowest BCUT2D eigenvalue weighted by Gasteiger charge is -2.30. The zero-order chi connectivity index (χ0) is 23.5. The highest BCUT2D eigenvalue weighted by atomic mass is 32.2. The predicted octanol–water partition coefficient (Wildman–Crippen LogP) is 2.94. The largest absolute Gasteiger partial charge is 0.459 e. The minimum absolute atomic E-state index is 0.0435. The highest BCUT2D eigenvalue weighted by molar-refractivity contribution is 7.89. The van der Waals surface area contributed by atoms with Crippen LogP contribution in [0.25, 0.3) is 0 Å². The van der Waals surface area contributed by atoms with Crippen LogP contribution < -0.4 is 4.90 Å². The van der Waals surface area contributed by atoms with Gasteiger partial charge in [0.15, 0.2) is 16.8 Å². The second-order valence-electron chi connectivity index (χ2n) is 7.25. The third-order valence-electron chi connectivity index (χ3n) is 5.15. The molecule has 1 saturated heterocycles. The van der Waals surface area contributed by atoms with Crippen molar-refractivity contribution in [2.24, 2.45) is 5.92 Å². The Labute approximate surface area is 188 Å². The molecule has 2 heterocycles. The number of sulfonamides is 1. The number of halogens is 2. The maximum atomic E-state index is 13.4. The van der Waals surface area contributed by atoms with E-state index in [9.17, 15) is 26.8 Å². The van der Waals surface area contributed by atoms with Crippen LogP contribution in [0.5, 0.6) is 0 Å². The highest BCUT2D eigenvalue weighted by Crippen LogP contribution is 2.26. The van der Waals surface area contributed by atoms with Crippen LogP contribution in [0, 0.1) is 17.6 Å². The fourth-order valence-corrected chi connectivity index (χ4v) is 5.76. The quantitative estimate of drug-likeness (QED) is 0.557. The number of amides is 1. The van der Waals surface area contributed by atoms with Gasteiger partial charge in [0, 0.05) is 31.9 Å². The minimum Gasteiger partial charge on any atom is -0.459 e. The Morgan fingerprint density at radius 3 is 2.53 bits per heavy atom. The Morgan fingerprint density at radius 1 is 1.25 bits per heavy atom. The normalized spacial score (nSPS) is 15.5. The summed E-state index contributed by atoms with van der Waals surface area (Å²) in [4.78, 5) is 29.5. The molecule has 1 amide bonds. The van der Waals surface area contributed by atoms with E-state index in [1.54, 1.807) is 5.38 Å². The molecule has 0 radical (unpaired) electrons. The van der Waals surface area contributed by atoms with Gasteiger partial charge in [-0.1, -0.05) is 0 Å². The minimum atomic E-state index is -3.99. The van der Waals surface area contributed by atoms with Crippen LogP contribution in [0.15, 0.2) is 28.5 Å². The van der Waals surface area contributed by atoms with Crippen molar-refractivity contribution in [2.45, 2.75) is 38.2 Å². The summed E-state index contributed by atoms with van der Waals surface area (Å²) in [6.45, 7) is 3.84. The van der Waals surface area contributed by atoms with Crippen LogP contribution in [-0.4, -0.2) is 49.2 Å². The molecule has 174 valence electrons. The van der Waals surface area contributed by atoms with Crippen molar-refractivity contribution in [3.8, 4) is 0 Å². The monoisotopic (exact) mass is 487 g/mol. The number of nitrogens with zero attached hydrogens (tertiary/aromatic N) is 3. The van der Waals surface area contributed by atoms with E-state index in [-0.39, 0.29) is 43.3 Å². The van der Waals surface area contributed by atoms with E-state index < -0.39 is 33.5 Å². The molecule has 1 aromatic carbocycles. The van der Waals surface area contributed by atoms with Gasteiger partial charge in [-0.15, -0.1) is 11.3 Å². The van der Waals surface area contributed by atoms with Crippen molar-refractivity contribution >= 4 is 38.4 Å². The highest BCUT2D eigenvalue weighted by Gasteiger charge is 2.33. The zero-order valence-corrected chi connectivity index (χ0v) is 19.2. The molecule has 0 unspecified atom stereocenters. The number of benzene rings is 1. The Kier molecular flexibility index (Phi) is 7.57. The predicted molar refractivity (Wildman–Crippen MR) is 113 cm³/mol. The van der Waals surface area contributed by atoms with Gasteiger partial charge in [-0.25, -0.2) is 22.2 Å². The third kappa shape index (κ3) is 5.30. The summed E-state index contributed by atoms with van der Waals surface area (Å²) in [7, 11) is -3.99. The van der Waals surface area contributed by atoms with Crippen molar-refractivity contribution in [1.29, 1.82) is 0 Å². The molecule has 0 bridgehead atoms. The molecular formula is C20H23F2N3O5S2. The summed E-state index contributed by atoms with van der Waals surface area (Å²) < 4.78 is 58.3. The number of ether oxygens (including phenoxy) is 1. The van der Waals surface area contributed by atoms with Crippen molar-refractivity contribution in [3.63, 3.8) is 0 Å². The Hall–Kier alpha value is -2.44. The molecule has 2 aromatic rings. The summed E-state index contributed by atoms with van der Waals surface area (Å²) in [5.41, 5.74) is 0.524. The number of carbonyl (C=O) groups is 2. The summed E-state index contributed by atoms with van der Waals surface area (Å²) >= 11 is 1.28. The van der Waals surface area contributed by atoms with Gasteiger partial charge in [-0.3, -0.25) is 14.5 Å². The fourth-order valence-electron chi connectivity index (χ4n) is 3.36. The van der Waals surface area contributed by atoms with E-state index in [1.807, 2.05) is 6.92 Å². The standard InChI is InChI=1S/C20H23F2N3O5S2/c1-3-25(13(2)26)20-23-15(12-31-20)11-30-19(27)14-6-8-24(9-7-14)32(28,29)16-4-5-17(21)18(22)10-16/h4-5,10,12,14H,3,6-9,11H2,1-2H3. The maximum absolute atomic E-state index is 13.4. The average molecular weight is 488 g/mol. The van der Waals surface area contributed by atoms with E-state index in [0.717, 1.165) is 16.4 Å². The Balaban J connectivity index is 1.54. The van der Waals surface area contributed by atoms with E-state index in [0.29, 0.717) is 23.4 Å². The van der Waals surface area contributed by atoms with Crippen LogP contribution >= 0.6 is 11.3 Å². The molecule has 12 heteroatoms. The van der Waals surface area contributed by atoms with Crippen molar-refractivity contribution in [1.82, 2.24) is 9.29 Å². The topological polar surface area (TPSA) is 96.9 Å². The first kappa shape index (κ1) is 24.2. The summed E-state index contributed by atoms with van der Waals surface area (Å²) in [5.74, 6) is -3.42. The molecule has 1 fully saturated rings. The van der Waals surface area contributed by atoms with Crippen molar-refractivity contribution in [3.05, 3.63) is 40.9 Å². The number of anilines is 1. The molecule has 0 N–H and O–H groups in total. The van der Waals surface area contributed by atoms with Crippen LogP contribution in [0.1, 0.15) is 32.4 Å². The SMILES string of the molecule is CCN(C(C)=O)c1nc(COC(=O)C2CCN(S(=O)(=O)c3ccc(F)c(F)c3)CC2)cs1. The van der Waals surface area contributed by atoms with Crippen molar-refractivity contribution < 1.29 is 31.5 Å². The lowest BCUT2D eigenvalue weighted by molar-refractivity contribution is -0.151. The van der Waals surface area contributed by atoms with E-state index >= 15 is 0 Å². The molecule has 1 aliphatic rings. The smallest absolute Gasteiger partial charge is 0.309 e. The first-order valence-corrected chi connectivity index (χ1v) is 12.3. The molecule has 8 nitrogen and oxygen atoms in total. The second-order valence-corrected chi connectivity index (χ2v) is 10.0. The van der Waals surface area contributed by atoms with Gasteiger partial charge in [0.1, 0.15) is 6.61 Å². The fraction of sp³-hybridized carbons (Fsp3) is 0.450. The number of carbonyl (C=O) groups excluding carboxylic acids is 2. The number of piperidine rings is 1. The van der Waals surface area contributed by atoms with Gasteiger partial charge >= 0.3 is 5.97 Å². The molecule has 3 rings (SSSR count). The molecule has 0 saturated carbocycles. The Morgan fingerprint density at radius 2 is 1.94 bits per heavy atom. The van der Waals surface area contributed by atoms with Crippen LogP contribution in [-0.2, 0) is 31.0 Å². The number of hydrogen-bond acceptors (Lipinski definition) is 7. The second kappa shape index (κ2) is 10.0. The molecule has 1 aliphatic heterocycles. The van der Waals surface area contributed by atoms with Crippen LogP contribution in [0.2, 0.25) is 0 Å². The van der Waals surface area contributed by atoms with E-state index in [2.05, 4.69) is 4.98 Å². The molecule has 0 aliphatic carbocycles. The maximum Gasteiger partial charge on any atom is 0.309 e. The van der Waals surface area contributed by atoms with Gasteiger partial charge in [0.2, 0.25) is 15.9 Å². The van der Waals surface area contributed by atoms with E-state index in [1.165, 1.54) is 23.2 Å². The molecular weight excluding hydrogens is 464 g/mol. The van der Waals surface area contributed by atoms with Gasteiger partial charge in [0.05, 0.1) is 16.5 Å². The lowest BCUT2D eigenvalue weighted by Crippen LogP contribution is -2.40. The Bertz CT molecular complexity index is 1100. The molecule has 32 heavy (non-hydrogen) atoms. The molecule has 0 atom stereocenters. The summed E-state index contributed by atoms with van der Waals surface area (Å²) in [6, 6.07) is 2.44. The molecule has 0 spiro atoms. The van der Waals surface area contributed by atoms with E-state index in [4.69, 9.17) is 4.74 Å². The first-order chi connectivity index (χ1) is 15.1. The summed E-state index contributed by atoms with van der Waals surface area (Å²) in [5, 5.41) is 2.24.